The summed E-state index contributed by atoms with van der Waals surface area (Å²) in [6, 6.07) is 24.6. The summed E-state index contributed by atoms with van der Waals surface area (Å²) in [7, 11) is 2.07. The monoisotopic (exact) mass is 514 g/mol. The minimum absolute atomic E-state index is 0.172. The number of aliphatic carboxylic acids is 1. The number of benzene rings is 3. The molecule has 0 bridgehead atoms. The van der Waals surface area contributed by atoms with Gasteiger partial charge in [0.1, 0.15) is 11.4 Å². The van der Waals surface area contributed by atoms with E-state index >= 15 is 0 Å². The number of hydrogen-bond donors (Lipinski definition) is 1. The second kappa shape index (κ2) is 10.4. The van der Waals surface area contributed by atoms with Crippen molar-refractivity contribution in [1.82, 2.24) is 5.16 Å². The lowest BCUT2D eigenvalue weighted by atomic mass is 9.91. The van der Waals surface area contributed by atoms with Crippen molar-refractivity contribution in [3.8, 4) is 22.5 Å². The Morgan fingerprint density at radius 2 is 1.62 bits per heavy atom. The fourth-order valence-electron chi connectivity index (χ4n) is 5.16. The van der Waals surface area contributed by atoms with Crippen LogP contribution in [0.5, 0.6) is 0 Å². The summed E-state index contributed by atoms with van der Waals surface area (Å²) in [6.07, 6.45) is 3.97. The average Bonchev–Trinajstić information content (AvgIpc) is 3.57. The quantitative estimate of drug-likeness (QED) is 0.237. The Morgan fingerprint density at radius 1 is 1.00 bits per heavy atom. The lowest BCUT2D eigenvalue weighted by Crippen LogP contribution is -2.20. The number of aromatic nitrogens is 1. The standard InChI is InChI=1S/C31H31ClN2O3/c1-21-29(34(2)19-5-7-24-6-3-4-8-27(24)32)30(37-33-21)25-11-9-22(10-12-25)23-13-15-26(16-14-23)31(17-18-31)20-28(35)36/h3-4,6,8-16H,5,7,17-20H2,1-2H3,(H,35,36). The van der Waals surface area contributed by atoms with E-state index in [9.17, 15) is 9.90 Å². The summed E-state index contributed by atoms with van der Waals surface area (Å²) in [5.74, 6) is 0.0365. The maximum absolute atomic E-state index is 11.2. The third kappa shape index (κ3) is 5.42. The van der Waals surface area contributed by atoms with Crippen molar-refractivity contribution in [3.05, 3.63) is 94.6 Å². The van der Waals surface area contributed by atoms with Gasteiger partial charge in [-0.25, -0.2) is 0 Å². The number of rotatable bonds is 10. The molecule has 0 radical (unpaired) electrons. The highest BCUT2D eigenvalue weighted by molar-refractivity contribution is 6.31. The number of carboxylic acids is 1. The van der Waals surface area contributed by atoms with Crippen LogP contribution in [0.3, 0.4) is 0 Å². The lowest BCUT2D eigenvalue weighted by Gasteiger charge is -2.19. The molecule has 0 saturated heterocycles. The summed E-state index contributed by atoms with van der Waals surface area (Å²) < 4.78 is 5.76. The predicted molar refractivity (Wildman–Crippen MR) is 148 cm³/mol. The third-order valence-electron chi connectivity index (χ3n) is 7.43. The molecule has 190 valence electrons. The molecule has 0 atom stereocenters. The SMILES string of the molecule is Cc1noc(-c2ccc(-c3ccc(C4(CC(=O)O)CC4)cc3)cc2)c1N(C)CCCc1ccccc1Cl. The molecular formula is C31H31ClN2O3. The minimum atomic E-state index is -0.731. The largest absolute Gasteiger partial charge is 0.481 e. The van der Waals surface area contributed by atoms with Crippen molar-refractivity contribution < 1.29 is 14.4 Å². The van der Waals surface area contributed by atoms with Gasteiger partial charge < -0.3 is 14.5 Å². The molecule has 0 aliphatic heterocycles. The fraction of sp³-hybridized carbons (Fsp3) is 0.290. The van der Waals surface area contributed by atoms with Crippen LogP contribution in [0.2, 0.25) is 5.02 Å². The van der Waals surface area contributed by atoms with Gasteiger partial charge in [-0.1, -0.05) is 83.5 Å². The Hall–Kier alpha value is -3.57. The zero-order valence-corrected chi connectivity index (χ0v) is 22.0. The van der Waals surface area contributed by atoms with Crippen LogP contribution in [-0.2, 0) is 16.6 Å². The highest BCUT2D eigenvalue weighted by atomic mass is 35.5. The van der Waals surface area contributed by atoms with Gasteiger partial charge in [-0.05, 0) is 60.9 Å². The second-order valence-corrected chi connectivity index (χ2v) is 10.5. The van der Waals surface area contributed by atoms with Gasteiger partial charge in [0.15, 0.2) is 5.76 Å². The smallest absolute Gasteiger partial charge is 0.304 e. The molecule has 5 nitrogen and oxygen atoms in total. The van der Waals surface area contributed by atoms with Gasteiger partial charge in [0.25, 0.3) is 0 Å². The van der Waals surface area contributed by atoms with Crippen molar-refractivity contribution in [2.24, 2.45) is 0 Å². The molecule has 1 aliphatic rings. The number of carbonyl (C=O) groups is 1. The first-order chi connectivity index (χ1) is 17.9. The molecule has 4 aromatic rings. The van der Waals surface area contributed by atoms with Gasteiger partial charge in [-0.3, -0.25) is 4.79 Å². The van der Waals surface area contributed by atoms with E-state index in [-0.39, 0.29) is 11.8 Å². The van der Waals surface area contributed by atoms with Gasteiger partial charge >= 0.3 is 5.97 Å². The minimum Gasteiger partial charge on any atom is -0.481 e. The Labute approximate surface area is 222 Å². The number of aryl methyl sites for hydroxylation is 2. The van der Waals surface area contributed by atoms with Crippen LogP contribution in [0.4, 0.5) is 5.69 Å². The van der Waals surface area contributed by atoms with E-state index in [0.717, 1.165) is 82.2 Å². The average molecular weight is 515 g/mol. The van der Waals surface area contributed by atoms with Crippen LogP contribution in [-0.4, -0.2) is 29.8 Å². The third-order valence-corrected chi connectivity index (χ3v) is 7.80. The molecule has 1 aromatic heterocycles. The van der Waals surface area contributed by atoms with Gasteiger partial charge in [0.05, 0.1) is 6.42 Å². The highest BCUT2D eigenvalue weighted by Crippen LogP contribution is 2.51. The Bertz CT molecular complexity index is 1390. The van der Waals surface area contributed by atoms with Crippen molar-refractivity contribution in [2.75, 3.05) is 18.5 Å². The maximum atomic E-state index is 11.2. The van der Waals surface area contributed by atoms with Crippen molar-refractivity contribution >= 4 is 23.3 Å². The van der Waals surface area contributed by atoms with Gasteiger partial charge in [-0.15, -0.1) is 0 Å². The van der Waals surface area contributed by atoms with E-state index in [0.29, 0.717) is 0 Å². The first kappa shape index (κ1) is 25.1. The summed E-state index contributed by atoms with van der Waals surface area (Å²) in [5.41, 5.74) is 7.17. The molecule has 1 fully saturated rings. The molecule has 3 aromatic carbocycles. The number of halogens is 1. The van der Waals surface area contributed by atoms with E-state index in [1.807, 2.05) is 25.1 Å². The second-order valence-electron chi connectivity index (χ2n) is 10.1. The molecule has 1 heterocycles. The van der Waals surface area contributed by atoms with Crippen LogP contribution in [0, 0.1) is 6.92 Å². The summed E-state index contributed by atoms with van der Waals surface area (Å²) >= 11 is 6.31. The van der Waals surface area contributed by atoms with Crippen LogP contribution in [0.1, 0.15) is 42.5 Å². The first-order valence-electron chi connectivity index (χ1n) is 12.7. The maximum Gasteiger partial charge on any atom is 0.304 e. The molecule has 0 amide bonds. The molecule has 1 saturated carbocycles. The molecule has 37 heavy (non-hydrogen) atoms. The fourth-order valence-corrected chi connectivity index (χ4v) is 5.39. The van der Waals surface area contributed by atoms with E-state index in [1.165, 1.54) is 0 Å². The molecule has 1 N–H and O–H groups in total. The first-order valence-corrected chi connectivity index (χ1v) is 13.1. The zero-order chi connectivity index (χ0) is 26.0. The Morgan fingerprint density at radius 3 is 2.24 bits per heavy atom. The van der Waals surface area contributed by atoms with E-state index in [2.05, 4.69) is 71.7 Å². The summed E-state index contributed by atoms with van der Waals surface area (Å²) in [6.45, 7) is 2.83. The molecule has 1 aliphatic carbocycles. The van der Waals surface area contributed by atoms with E-state index in [1.54, 1.807) is 0 Å². The van der Waals surface area contributed by atoms with Crippen LogP contribution in [0.25, 0.3) is 22.5 Å². The Kier molecular flexibility index (Phi) is 7.07. The highest BCUT2D eigenvalue weighted by Gasteiger charge is 2.45. The molecular weight excluding hydrogens is 484 g/mol. The number of carboxylic acid groups (broad SMARTS) is 1. The molecule has 0 spiro atoms. The van der Waals surface area contributed by atoms with Crippen LogP contribution >= 0.6 is 11.6 Å². The van der Waals surface area contributed by atoms with E-state index in [4.69, 9.17) is 16.1 Å². The molecule has 5 rings (SSSR count). The lowest BCUT2D eigenvalue weighted by molar-refractivity contribution is -0.137. The topological polar surface area (TPSA) is 66.6 Å². The van der Waals surface area contributed by atoms with Gasteiger partial charge in [0.2, 0.25) is 0 Å². The zero-order valence-electron chi connectivity index (χ0n) is 21.2. The number of anilines is 1. The van der Waals surface area contributed by atoms with Gasteiger partial charge in [-0.2, -0.15) is 0 Å². The van der Waals surface area contributed by atoms with Crippen molar-refractivity contribution in [3.63, 3.8) is 0 Å². The predicted octanol–water partition coefficient (Wildman–Crippen LogP) is 7.55. The Balaban J connectivity index is 1.28. The number of hydrogen-bond acceptors (Lipinski definition) is 4. The number of nitrogens with zero attached hydrogens (tertiary/aromatic N) is 2. The molecule has 6 heteroatoms. The molecule has 0 unspecified atom stereocenters. The van der Waals surface area contributed by atoms with Crippen molar-refractivity contribution in [1.29, 1.82) is 0 Å². The normalized spacial score (nSPS) is 13.9. The van der Waals surface area contributed by atoms with Crippen molar-refractivity contribution in [2.45, 2.75) is 44.4 Å². The summed E-state index contributed by atoms with van der Waals surface area (Å²) in [4.78, 5) is 13.4. The van der Waals surface area contributed by atoms with Gasteiger partial charge in [0, 0.05) is 29.6 Å². The van der Waals surface area contributed by atoms with Crippen LogP contribution < -0.4 is 4.90 Å². The van der Waals surface area contributed by atoms with E-state index < -0.39 is 5.97 Å². The van der Waals surface area contributed by atoms with Crippen LogP contribution in [0.15, 0.2) is 77.3 Å². The summed E-state index contributed by atoms with van der Waals surface area (Å²) in [5, 5.41) is 14.3.